The van der Waals surface area contributed by atoms with E-state index in [2.05, 4.69) is 4.98 Å². The fraction of sp³-hybridized carbons (Fsp3) is 0.0435. The van der Waals surface area contributed by atoms with Crippen molar-refractivity contribution in [2.45, 2.75) is 6.92 Å². The lowest BCUT2D eigenvalue weighted by atomic mass is 9.93. The van der Waals surface area contributed by atoms with Crippen molar-refractivity contribution in [2.75, 3.05) is 0 Å². The fourth-order valence-electron chi connectivity index (χ4n) is 3.17. The summed E-state index contributed by atoms with van der Waals surface area (Å²) in [7, 11) is 0. The molecule has 0 saturated heterocycles. The lowest BCUT2D eigenvalue weighted by Gasteiger charge is -2.12. The molecular formula is C23H17NO3. The molecule has 4 heteroatoms. The second-order valence-electron chi connectivity index (χ2n) is 6.37. The number of aromatic nitrogens is 1. The Labute approximate surface area is 155 Å². The van der Waals surface area contributed by atoms with Crippen molar-refractivity contribution < 1.29 is 9.21 Å². The van der Waals surface area contributed by atoms with Crippen molar-refractivity contribution in [3.63, 3.8) is 0 Å². The molecule has 0 fully saturated rings. The molecule has 0 radical (unpaired) electrons. The highest BCUT2D eigenvalue weighted by molar-refractivity contribution is 6.15. The maximum absolute atomic E-state index is 12.9. The highest BCUT2D eigenvalue weighted by atomic mass is 16.3. The van der Waals surface area contributed by atoms with E-state index in [1.807, 2.05) is 55.5 Å². The number of hydrogen-bond acceptors (Lipinski definition) is 3. The first-order chi connectivity index (χ1) is 13.1. The topological polar surface area (TPSA) is 63.1 Å². The molecule has 2 aromatic carbocycles. The van der Waals surface area contributed by atoms with Crippen molar-refractivity contribution >= 4 is 22.8 Å². The zero-order valence-electron chi connectivity index (χ0n) is 14.7. The predicted octanol–water partition coefficient (Wildman–Crippen LogP) is 4.99. The van der Waals surface area contributed by atoms with Gasteiger partial charge in [0.2, 0.25) is 0 Å². The monoisotopic (exact) mass is 355 g/mol. The summed E-state index contributed by atoms with van der Waals surface area (Å²) in [6, 6.07) is 17.1. The second-order valence-corrected chi connectivity index (χ2v) is 6.37. The number of nitrogens with one attached hydrogen (secondary N) is 1. The van der Waals surface area contributed by atoms with Crippen LogP contribution in [0.25, 0.3) is 28.1 Å². The minimum absolute atomic E-state index is 0.138. The summed E-state index contributed by atoms with van der Waals surface area (Å²) in [5.74, 6) is -0.347. The molecule has 4 aromatic rings. The molecule has 0 spiro atoms. The number of allylic oxidation sites excluding steroid dienone is 1. The number of carbonyl (C=O) groups excluding carboxylic acids is 1. The quantitative estimate of drug-likeness (QED) is 0.414. The van der Waals surface area contributed by atoms with Gasteiger partial charge >= 0.3 is 0 Å². The van der Waals surface area contributed by atoms with E-state index in [1.165, 1.54) is 18.6 Å². The van der Waals surface area contributed by atoms with Gasteiger partial charge in [0.05, 0.1) is 18.1 Å². The van der Waals surface area contributed by atoms with E-state index < -0.39 is 5.56 Å². The number of aromatic amines is 1. The Kier molecular flexibility index (Phi) is 4.30. The maximum Gasteiger partial charge on any atom is 0.260 e. The zero-order chi connectivity index (χ0) is 18.8. The smallest absolute Gasteiger partial charge is 0.260 e. The van der Waals surface area contributed by atoms with E-state index in [4.69, 9.17) is 4.42 Å². The van der Waals surface area contributed by atoms with Crippen LogP contribution < -0.4 is 5.56 Å². The molecule has 0 aliphatic heterocycles. The van der Waals surface area contributed by atoms with Gasteiger partial charge in [-0.2, -0.15) is 0 Å². The van der Waals surface area contributed by atoms with Crippen LogP contribution >= 0.6 is 0 Å². The molecule has 1 N–H and O–H groups in total. The van der Waals surface area contributed by atoms with Crippen molar-refractivity contribution in [3.05, 3.63) is 100 Å². The third-order valence-corrected chi connectivity index (χ3v) is 4.45. The van der Waals surface area contributed by atoms with Gasteiger partial charge in [0, 0.05) is 22.0 Å². The molecule has 2 aromatic heterocycles. The van der Waals surface area contributed by atoms with Crippen LogP contribution in [0.3, 0.4) is 0 Å². The summed E-state index contributed by atoms with van der Waals surface area (Å²) < 4.78 is 5.01. The third-order valence-electron chi connectivity index (χ3n) is 4.45. The van der Waals surface area contributed by atoms with Crippen LogP contribution in [0.1, 0.15) is 21.5 Å². The number of hydrogen-bond donors (Lipinski definition) is 1. The Morgan fingerprint density at radius 1 is 1.07 bits per heavy atom. The molecule has 0 unspecified atom stereocenters. The summed E-state index contributed by atoms with van der Waals surface area (Å²) in [6.07, 6.45) is 6.12. The first-order valence-electron chi connectivity index (χ1n) is 8.60. The van der Waals surface area contributed by atoms with Crippen molar-refractivity contribution in [3.8, 4) is 11.1 Å². The van der Waals surface area contributed by atoms with E-state index >= 15 is 0 Å². The summed E-state index contributed by atoms with van der Waals surface area (Å²) in [5.41, 5.74) is 3.75. The van der Waals surface area contributed by atoms with E-state index in [0.29, 0.717) is 11.1 Å². The van der Waals surface area contributed by atoms with E-state index in [-0.39, 0.29) is 11.3 Å². The van der Waals surface area contributed by atoms with Crippen LogP contribution in [0, 0.1) is 6.92 Å². The molecule has 0 aliphatic carbocycles. The number of rotatable bonds is 4. The normalized spacial score (nSPS) is 11.3. The number of aryl methyl sites for hydroxylation is 1. The number of benzene rings is 2. The molecule has 0 atom stereocenters. The van der Waals surface area contributed by atoms with Crippen LogP contribution in [0.5, 0.6) is 0 Å². The van der Waals surface area contributed by atoms with Crippen LogP contribution in [0.15, 0.2) is 82.4 Å². The van der Waals surface area contributed by atoms with Crippen molar-refractivity contribution in [1.29, 1.82) is 0 Å². The van der Waals surface area contributed by atoms with Gasteiger partial charge in [0.15, 0.2) is 5.78 Å². The lowest BCUT2D eigenvalue weighted by Crippen LogP contribution is -2.18. The number of furan rings is 1. The summed E-state index contributed by atoms with van der Waals surface area (Å²) in [6.45, 7) is 1.99. The van der Waals surface area contributed by atoms with Gasteiger partial charge in [0.1, 0.15) is 0 Å². The Balaban J connectivity index is 1.98. The van der Waals surface area contributed by atoms with Crippen LogP contribution in [0.4, 0.5) is 0 Å². The number of carbonyl (C=O) groups is 1. The Hall–Kier alpha value is -3.66. The predicted molar refractivity (Wildman–Crippen MR) is 107 cm³/mol. The first kappa shape index (κ1) is 16.8. The molecule has 132 valence electrons. The van der Waals surface area contributed by atoms with Gasteiger partial charge in [-0.15, -0.1) is 0 Å². The molecule has 27 heavy (non-hydrogen) atoms. The molecule has 0 aliphatic rings. The summed E-state index contributed by atoms with van der Waals surface area (Å²) >= 11 is 0. The first-order valence-corrected chi connectivity index (χ1v) is 8.60. The van der Waals surface area contributed by atoms with E-state index in [9.17, 15) is 9.59 Å². The average Bonchev–Trinajstić information content (AvgIpc) is 3.20. The van der Waals surface area contributed by atoms with Crippen LogP contribution in [0.2, 0.25) is 0 Å². The van der Waals surface area contributed by atoms with Crippen molar-refractivity contribution in [2.24, 2.45) is 0 Å². The molecule has 4 rings (SSSR count). The molecule has 0 amide bonds. The molecular weight excluding hydrogens is 338 g/mol. The molecule has 0 bridgehead atoms. The molecule has 4 nitrogen and oxygen atoms in total. The van der Waals surface area contributed by atoms with Crippen LogP contribution in [-0.2, 0) is 0 Å². The molecule has 0 saturated carbocycles. The maximum atomic E-state index is 12.9. The zero-order valence-corrected chi connectivity index (χ0v) is 14.7. The highest BCUT2D eigenvalue weighted by Gasteiger charge is 2.19. The Morgan fingerprint density at radius 2 is 1.89 bits per heavy atom. The van der Waals surface area contributed by atoms with Crippen LogP contribution in [-0.4, -0.2) is 10.8 Å². The largest absolute Gasteiger partial charge is 0.472 e. The van der Waals surface area contributed by atoms with Gasteiger partial charge in [-0.05, 0) is 42.8 Å². The number of ketones is 1. The van der Waals surface area contributed by atoms with Gasteiger partial charge < -0.3 is 9.40 Å². The minimum atomic E-state index is -0.396. The number of pyridine rings is 1. The standard InChI is InChI=1S/C23H17NO3/c1-15-7-9-19-18(13-15)21(17-5-3-2-4-6-17)22(23(26)24-19)20(25)10-8-16-11-12-27-14-16/h2-14H,1H3,(H,24,26)/b10-8+. The number of H-pyrrole nitrogens is 1. The fourth-order valence-corrected chi connectivity index (χ4v) is 3.17. The minimum Gasteiger partial charge on any atom is -0.472 e. The SMILES string of the molecule is Cc1ccc2[nH]c(=O)c(C(=O)/C=C/c3ccoc3)c(-c3ccccc3)c2c1. The lowest BCUT2D eigenvalue weighted by molar-refractivity contribution is 0.104. The van der Waals surface area contributed by atoms with E-state index in [1.54, 1.807) is 12.1 Å². The third kappa shape index (κ3) is 3.25. The van der Waals surface area contributed by atoms with Gasteiger partial charge in [-0.25, -0.2) is 0 Å². The number of fused-ring (bicyclic) bond motifs is 1. The van der Waals surface area contributed by atoms with Gasteiger partial charge in [-0.3, -0.25) is 9.59 Å². The molecule has 2 heterocycles. The van der Waals surface area contributed by atoms with E-state index in [0.717, 1.165) is 22.1 Å². The van der Waals surface area contributed by atoms with Gasteiger partial charge in [-0.1, -0.05) is 42.0 Å². The Morgan fingerprint density at radius 3 is 2.63 bits per heavy atom. The van der Waals surface area contributed by atoms with Gasteiger partial charge in [0.25, 0.3) is 5.56 Å². The summed E-state index contributed by atoms with van der Waals surface area (Å²) in [4.78, 5) is 28.6. The van der Waals surface area contributed by atoms with Crippen molar-refractivity contribution in [1.82, 2.24) is 4.98 Å². The Bertz CT molecular complexity index is 1200. The highest BCUT2D eigenvalue weighted by Crippen LogP contribution is 2.30. The summed E-state index contributed by atoms with van der Waals surface area (Å²) in [5, 5.41) is 0.848. The second kappa shape index (κ2) is 6.92. The average molecular weight is 355 g/mol.